The van der Waals surface area contributed by atoms with Gasteiger partial charge in [0.25, 0.3) is 5.91 Å². The van der Waals surface area contributed by atoms with Gasteiger partial charge in [-0.2, -0.15) is 0 Å². The number of hydrogen-bond acceptors (Lipinski definition) is 2. The number of anilines is 1. The maximum atomic E-state index is 12.7. The lowest BCUT2D eigenvalue weighted by atomic mass is 9.85. The van der Waals surface area contributed by atoms with Crippen molar-refractivity contribution < 1.29 is 9.53 Å². The molecular weight excluding hydrogens is 585 g/mol. The van der Waals surface area contributed by atoms with Crippen LogP contribution in [0.2, 0.25) is 0 Å². The van der Waals surface area contributed by atoms with Gasteiger partial charge < -0.3 is 10.1 Å². The largest absolute Gasteiger partial charge is 0.495 e. The quantitative estimate of drug-likeness (QED) is 0.298. The summed E-state index contributed by atoms with van der Waals surface area (Å²) >= 11 is 9.43. The average Bonchev–Trinajstić information content (AvgIpc) is 2.89. The van der Waals surface area contributed by atoms with Crippen LogP contribution in [-0.2, 0) is 10.2 Å². The second-order valence-electron chi connectivity index (χ2n) is 7.56. The second-order valence-corrected chi connectivity index (χ2v) is 10.4. The standard InChI is InChI=1S/C21H20Br2INO2/c1-10-14(22)9-15(23)18-17(10)12(20(26)25-18)6-11-7-13(21(2,3)4)19(27-5)16(24)8-11/h6-9H,1-5H3,(H,25,26). The number of carbonyl (C=O) groups is 1. The molecule has 2 aromatic carbocycles. The Morgan fingerprint density at radius 1 is 1.15 bits per heavy atom. The predicted octanol–water partition coefficient (Wildman–Crippen LogP) is 6.92. The van der Waals surface area contributed by atoms with Crippen LogP contribution in [0.5, 0.6) is 5.75 Å². The molecule has 0 unspecified atom stereocenters. The highest BCUT2D eigenvalue weighted by Crippen LogP contribution is 2.44. The van der Waals surface area contributed by atoms with E-state index in [1.807, 2.05) is 19.1 Å². The smallest absolute Gasteiger partial charge is 0.256 e. The van der Waals surface area contributed by atoms with Crippen molar-refractivity contribution in [3.63, 3.8) is 0 Å². The number of hydrogen-bond donors (Lipinski definition) is 1. The number of rotatable bonds is 2. The van der Waals surface area contributed by atoms with Crippen LogP contribution >= 0.6 is 54.5 Å². The molecule has 3 rings (SSSR count). The zero-order valence-corrected chi connectivity index (χ0v) is 21.1. The molecule has 0 saturated heterocycles. The molecule has 0 atom stereocenters. The minimum atomic E-state index is -0.0879. The number of methoxy groups -OCH3 is 1. The van der Waals surface area contributed by atoms with Crippen LogP contribution in [0, 0.1) is 10.5 Å². The predicted molar refractivity (Wildman–Crippen MR) is 127 cm³/mol. The summed E-state index contributed by atoms with van der Waals surface area (Å²) in [7, 11) is 1.70. The van der Waals surface area contributed by atoms with E-state index in [1.165, 1.54) is 0 Å². The third-order valence-corrected chi connectivity index (χ3v) is 6.87. The molecule has 0 aromatic heterocycles. The van der Waals surface area contributed by atoms with Gasteiger partial charge in [-0.15, -0.1) is 0 Å². The summed E-state index contributed by atoms with van der Waals surface area (Å²) in [5.74, 6) is 0.804. The summed E-state index contributed by atoms with van der Waals surface area (Å²) in [5, 5.41) is 2.98. The molecule has 1 N–H and O–H groups in total. The molecule has 27 heavy (non-hydrogen) atoms. The Labute approximate surface area is 190 Å². The van der Waals surface area contributed by atoms with E-state index in [9.17, 15) is 4.79 Å². The fraction of sp³-hybridized carbons (Fsp3) is 0.286. The Hall–Kier alpha value is -0.860. The Bertz CT molecular complexity index is 991. The number of fused-ring (bicyclic) bond motifs is 1. The first-order valence-electron chi connectivity index (χ1n) is 8.44. The number of nitrogens with one attached hydrogen (secondary N) is 1. The van der Waals surface area contributed by atoms with Crippen molar-refractivity contribution in [2.24, 2.45) is 0 Å². The highest BCUT2D eigenvalue weighted by Gasteiger charge is 2.29. The molecule has 0 fully saturated rings. The number of ether oxygens (including phenoxy) is 1. The lowest BCUT2D eigenvalue weighted by molar-refractivity contribution is -0.110. The second kappa shape index (κ2) is 7.52. The van der Waals surface area contributed by atoms with Gasteiger partial charge in [-0.25, -0.2) is 0 Å². The van der Waals surface area contributed by atoms with Crippen LogP contribution in [0.3, 0.4) is 0 Å². The third kappa shape index (κ3) is 3.85. The summed E-state index contributed by atoms with van der Waals surface area (Å²) in [6.07, 6.45) is 1.96. The normalized spacial score (nSPS) is 15.1. The van der Waals surface area contributed by atoms with Crippen LogP contribution < -0.4 is 10.1 Å². The van der Waals surface area contributed by atoms with Gasteiger partial charge in [0.2, 0.25) is 0 Å². The molecule has 0 radical (unpaired) electrons. The zero-order chi connectivity index (χ0) is 20.1. The highest BCUT2D eigenvalue weighted by atomic mass is 127. The molecule has 0 spiro atoms. The van der Waals surface area contributed by atoms with Crippen LogP contribution in [0.15, 0.2) is 27.1 Å². The highest BCUT2D eigenvalue weighted by molar-refractivity contribution is 14.1. The molecule has 2 aromatic rings. The topological polar surface area (TPSA) is 38.3 Å². The Morgan fingerprint density at radius 2 is 1.81 bits per heavy atom. The number of halogens is 3. The molecule has 1 heterocycles. The third-order valence-electron chi connectivity index (χ3n) is 4.62. The molecule has 3 nitrogen and oxygen atoms in total. The summed E-state index contributed by atoms with van der Waals surface area (Å²) in [5.41, 5.74) is 5.50. The van der Waals surface area contributed by atoms with Gasteiger partial charge in [-0.3, -0.25) is 4.79 Å². The molecule has 1 amide bonds. The average molecular weight is 605 g/mol. The van der Waals surface area contributed by atoms with E-state index >= 15 is 0 Å². The molecule has 0 bridgehead atoms. The number of carbonyl (C=O) groups excluding carboxylic acids is 1. The molecule has 142 valence electrons. The van der Waals surface area contributed by atoms with Gasteiger partial charge in [0, 0.05) is 25.6 Å². The summed E-state index contributed by atoms with van der Waals surface area (Å²) in [6.45, 7) is 8.50. The van der Waals surface area contributed by atoms with Crippen LogP contribution in [0.4, 0.5) is 5.69 Å². The number of amides is 1. The van der Waals surface area contributed by atoms with Crippen LogP contribution in [-0.4, -0.2) is 13.0 Å². The minimum Gasteiger partial charge on any atom is -0.495 e. The van der Waals surface area contributed by atoms with E-state index in [0.717, 1.165) is 46.2 Å². The summed E-state index contributed by atoms with van der Waals surface area (Å²) < 4.78 is 8.50. The van der Waals surface area contributed by atoms with Gasteiger partial charge in [0.05, 0.1) is 16.4 Å². The summed E-state index contributed by atoms with van der Waals surface area (Å²) in [6, 6.07) is 6.13. The molecule has 1 aliphatic heterocycles. The maximum Gasteiger partial charge on any atom is 0.256 e. The first-order valence-corrected chi connectivity index (χ1v) is 11.1. The van der Waals surface area contributed by atoms with E-state index in [4.69, 9.17) is 4.74 Å². The van der Waals surface area contributed by atoms with E-state index in [1.54, 1.807) is 7.11 Å². The van der Waals surface area contributed by atoms with Gasteiger partial charge in [0.15, 0.2) is 0 Å². The fourth-order valence-electron chi connectivity index (χ4n) is 3.24. The Morgan fingerprint density at radius 3 is 2.41 bits per heavy atom. The monoisotopic (exact) mass is 603 g/mol. The molecular formula is C21H20Br2INO2. The van der Waals surface area contributed by atoms with Crippen molar-refractivity contribution in [1.29, 1.82) is 0 Å². The maximum absolute atomic E-state index is 12.7. The minimum absolute atomic E-state index is 0.0718. The van der Waals surface area contributed by atoms with Gasteiger partial charge in [-0.05, 0) is 86.3 Å². The van der Waals surface area contributed by atoms with Gasteiger partial charge in [0.1, 0.15) is 5.75 Å². The summed E-state index contributed by atoms with van der Waals surface area (Å²) in [4.78, 5) is 12.7. The zero-order valence-electron chi connectivity index (χ0n) is 15.8. The lowest BCUT2D eigenvalue weighted by Crippen LogP contribution is -2.14. The first kappa shape index (κ1) is 20.9. The van der Waals surface area contributed by atoms with E-state index in [2.05, 4.69) is 92.7 Å². The molecule has 0 saturated carbocycles. The van der Waals surface area contributed by atoms with Crippen molar-refractivity contribution in [3.8, 4) is 5.75 Å². The Balaban J connectivity index is 2.23. The molecule has 6 heteroatoms. The Kier molecular flexibility index (Phi) is 5.81. The SMILES string of the molecule is COc1c(I)cc(C=C2C(=O)Nc3c(Br)cc(Br)c(C)c32)cc1C(C)(C)C. The molecule has 0 aliphatic carbocycles. The van der Waals surface area contributed by atoms with Crippen molar-refractivity contribution in [2.75, 3.05) is 12.4 Å². The first-order chi connectivity index (χ1) is 12.5. The van der Waals surface area contributed by atoms with E-state index < -0.39 is 0 Å². The van der Waals surface area contributed by atoms with Crippen LogP contribution in [0.25, 0.3) is 11.6 Å². The van der Waals surface area contributed by atoms with Crippen LogP contribution in [0.1, 0.15) is 43.0 Å². The fourth-order valence-corrected chi connectivity index (χ4v) is 5.37. The van der Waals surface area contributed by atoms with Crippen molar-refractivity contribution >= 4 is 77.7 Å². The van der Waals surface area contributed by atoms with E-state index in [0.29, 0.717) is 5.57 Å². The van der Waals surface area contributed by atoms with Gasteiger partial charge in [-0.1, -0.05) is 36.7 Å². The lowest BCUT2D eigenvalue weighted by Gasteiger charge is -2.23. The van der Waals surface area contributed by atoms with E-state index in [-0.39, 0.29) is 11.3 Å². The molecule has 1 aliphatic rings. The van der Waals surface area contributed by atoms with Gasteiger partial charge >= 0.3 is 0 Å². The van der Waals surface area contributed by atoms with Crippen molar-refractivity contribution in [2.45, 2.75) is 33.1 Å². The van der Waals surface area contributed by atoms with Crippen molar-refractivity contribution in [1.82, 2.24) is 0 Å². The number of benzene rings is 2. The van der Waals surface area contributed by atoms with Crippen molar-refractivity contribution in [3.05, 3.63) is 53.0 Å².